The van der Waals surface area contributed by atoms with Gasteiger partial charge in [0.05, 0.1) is 5.56 Å². The molecule has 1 aromatic heterocycles. The van der Waals surface area contributed by atoms with Crippen molar-refractivity contribution < 1.29 is 22.4 Å². The Kier molecular flexibility index (Phi) is 5.07. The largest absolute Gasteiger partial charge is 0.416 e. The SMILES string of the molecule is O=C(Nc1cccc(F)c1)c1ccnc(Nc2cccc(C(F)(F)F)c2)c1. The molecule has 0 unspecified atom stereocenters. The van der Waals surface area contributed by atoms with E-state index in [-0.39, 0.29) is 22.8 Å². The summed E-state index contributed by atoms with van der Waals surface area (Å²) in [4.78, 5) is 16.3. The highest BCUT2D eigenvalue weighted by Crippen LogP contribution is 2.31. The summed E-state index contributed by atoms with van der Waals surface area (Å²) in [6.07, 6.45) is -3.12. The van der Waals surface area contributed by atoms with Crippen molar-refractivity contribution in [3.8, 4) is 0 Å². The van der Waals surface area contributed by atoms with E-state index < -0.39 is 23.5 Å². The Morgan fingerprint density at radius 2 is 1.67 bits per heavy atom. The van der Waals surface area contributed by atoms with E-state index in [9.17, 15) is 22.4 Å². The quantitative estimate of drug-likeness (QED) is 0.614. The van der Waals surface area contributed by atoms with Crippen molar-refractivity contribution in [2.45, 2.75) is 6.18 Å². The van der Waals surface area contributed by atoms with Crippen LogP contribution in [0.15, 0.2) is 66.9 Å². The fraction of sp³-hybridized carbons (Fsp3) is 0.0526. The van der Waals surface area contributed by atoms with Crippen molar-refractivity contribution in [2.24, 2.45) is 0 Å². The Labute approximate surface area is 151 Å². The highest BCUT2D eigenvalue weighted by Gasteiger charge is 2.30. The predicted molar refractivity (Wildman–Crippen MR) is 93.3 cm³/mol. The van der Waals surface area contributed by atoms with Gasteiger partial charge in [-0.25, -0.2) is 9.37 Å². The lowest BCUT2D eigenvalue weighted by molar-refractivity contribution is -0.137. The van der Waals surface area contributed by atoms with Crippen molar-refractivity contribution in [2.75, 3.05) is 10.6 Å². The molecule has 0 aliphatic carbocycles. The van der Waals surface area contributed by atoms with Gasteiger partial charge < -0.3 is 10.6 Å². The number of aromatic nitrogens is 1. The topological polar surface area (TPSA) is 54.0 Å². The van der Waals surface area contributed by atoms with Crippen LogP contribution in [0.4, 0.5) is 34.8 Å². The van der Waals surface area contributed by atoms with Crippen LogP contribution in [0.1, 0.15) is 15.9 Å². The molecule has 0 radical (unpaired) electrons. The van der Waals surface area contributed by atoms with Crippen molar-refractivity contribution in [1.29, 1.82) is 0 Å². The molecule has 2 aromatic carbocycles. The van der Waals surface area contributed by atoms with Crippen LogP contribution in [0, 0.1) is 5.82 Å². The number of rotatable bonds is 4. The van der Waals surface area contributed by atoms with Gasteiger partial charge in [-0.1, -0.05) is 12.1 Å². The number of carbonyl (C=O) groups is 1. The first-order valence-electron chi connectivity index (χ1n) is 7.78. The maximum absolute atomic E-state index is 13.2. The number of anilines is 3. The molecule has 0 atom stereocenters. The molecular formula is C19H13F4N3O. The zero-order valence-electron chi connectivity index (χ0n) is 13.7. The molecule has 138 valence electrons. The molecule has 0 aliphatic rings. The van der Waals surface area contributed by atoms with Crippen LogP contribution in [-0.2, 0) is 6.18 Å². The maximum Gasteiger partial charge on any atom is 0.416 e. The number of hydrogen-bond acceptors (Lipinski definition) is 3. The normalized spacial score (nSPS) is 11.1. The zero-order chi connectivity index (χ0) is 19.4. The van der Waals surface area contributed by atoms with E-state index in [1.54, 1.807) is 0 Å². The van der Waals surface area contributed by atoms with E-state index >= 15 is 0 Å². The van der Waals surface area contributed by atoms with Gasteiger partial charge in [-0.2, -0.15) is 13.2 Å². The summed E-state index contributed by atoms with van der Waals surface area (Å²) in [5, 5.41) is 5.27. The first-order chi connectivity index (χ1) is 12.8. The minimum Gasteiger partial charge on any atom is -0.340 e. The summed E-state index contributed by atoms with van der Waals surface area (Å²) in [6, 6.07) is 12.9. The average molecular weight is 375 g/mol. The van der Waals surface area contributed by atoms with E-state index in [4.69, 9.17) is 0 Å². The lowest BCUT2D eigenvalue weighted by Gasteiger charge is -2.11. The summed E-state index contributed by atoms with van der Waals surface area (Å²) >= 11 is 0. The number of pyridine rings is 1. The minimum atomic E-state index is -4.46. The molecule has 0 bridgehead atoms. The minimum absolute atomic E-state index is 0.181. The number of halogens is 4. The zero-order valence-corrected chi connectivity index (χ0v) is 13.7. The molecule has 3 rings (SSSR count). The smallest absolute Gasteiger partial charge is 0.340 e. The number of carbonyl (C=O) groups excluding carboxylic acids is 1. The fourth-order valence-corrected chi connectivity index (χ4v) is 2.33. The summed E-state index contributed by atoms with van der Waals surface area (Å²) in [6.45, 7) is 0. The van der Waals surface area contributed by atoms with Gasteiger partial charge >= 0.3 is 6.18 Å². The maximum atomic E-state index is 13.2. The van der Waals surface area contributed by atoms with Crippen LogP contribution < -0.4 is 10.6 Å². The van der Waals surface area contributed by atoms with E-state index in [1.807, 2.05) is 0 Å². The highest BCUT2D eigenvalue weighted by molar-refractivity contribution is 6.04. The number of amides is 1. The summed E-state index contributed by atoms with van der Waals surface area (Å²) < 4.78 is 51.6. The fourth-order valence-electron chi connectivity index (χ4n) is 2.33. The number of nitrogens with zero attached hydrogens (tertiary/aromatic N) is 1. The molecule has 0 saturated heterocycles. The number of hydrogen-bond donors (Lipinski definition) is 2. The van der Waals surface area contributed by atoms with Crippen LogP contribution in [0.3, 0.4) is 0 Å². The van der Waals surface area contributed by atoms with E-state index in [0.717, 1.165) is 12.1 Å². The van der Waals surface area contributed by atoms with Gasteiger partial charge in [-0.3, -0.25) is 4.79 Å². The molecule has 8 heteroatoms. The Balaban J connectivity index is 1.77. The molecule has 1 heterocycles. The van der Waals surface area contributed by atoms with Gasteiger partial charge in [-0.05, 0) is 48.5 Å². The van der Waals surface area contributed by atoms with Crippen molar-refractivity contribution >= 4 is 23.1 Å². The van der Waals surface area contributed by atoms with Crippen LogP contribution in [-0.4, -0.2) is 10.9 Å². The number of nitrogens with one attached hydrogen (secondary N) is 2. The average Bonchev–Trinajstić information content (AvgIpc) is 2.61. The van der Waals surface area contributed by atoms with Crippen molar-refractivity contribution in [3.05, 3.63) is 83.8 Å². The van der Waals surface area contributed by atoms with Gasteiger partial charge in [0.2, 0.25) is 0 Å². The molecule has 4 nitrogen and oxygen atoms in total. The molecule has 0 fully saturated rings. The van der Waals surface area contributed by atoms with Gasteiger partial charge in [-0.15, -0.1) is 0 Å². The van der Waals surface area contributed by atoms with Crippen molar-refractivity contribution in [1.82, 2.24) is 4.98 Å². The first-order valence-corrected chi connectivity index (χ1v) is 7.78. The third-order valence-electron chi connectivity index (χ3n) is 3.57. The second-order valence-corrected chi connectivity index (χ2v) is 5.60. The monoisotopic (exact) mass is 375 g/mol. The second-order valence-electron chi connectivity index (χ2n) is 5.60. The predicted octanol–water partition coefficient (Wildman–Crippen LogP) is 5.24. The van der Waals surface area contributed by atoms with Crippen molar-refractivity contribution in [3.63, 3.8) is 0 Å². The molecular weight excluding hydrogens is 362 g/mol. The number of benzene rings is 2. The van der Waals surface area contributed by atoms with Crippen LogP contribution >= 0.6 is 0 Å². The molecule has 1 amide bonds. The van der Waals surface area contributed by atoms with Gasteiger partial charge in [0.25, 0.3) is 5.91 Å². The van der Waals surface area contributed by atoms with E-state index in [1.165, 1.54) is 54.7 Å². The molecule has 27 heavy (non-hydrogen) atoms. The van der Waals surface area contributed by atoms with E-state index in [2.05, 4.69) is 15.6 Å². The summed E-state index contributed by atoms with van der Waals surface area (Å²) in [5.74, 6) is -0.800. The van der Waals surface area contributed by atoms with Gasteiger partial charge in [0.1, 0.15) is 11.6 Å². The Morgan fingerprint density at radius 3 is 2.41 bits per heavy atom. The third kappa shape index (κ3) is 4.81. The van der Waals surface area contributed by atoms with Crippen LogP contribution in [0.25, 0.3) is 0 Å². The molecule has 0 saturated carbocycles. The Bertz CT molecular complexity index is 973. The second kappa shape index (κ2) is 7.45. The Hall–Kier alpha value is -3.42. The molecule has 0 aliphatic heterocycles. The standard InChI is InChI=1S/C19H13F4N3O/c20-14-4-2-6-16(11-14)26-18(27)12-7-8-24-17(9-12)25-15-5-1-3-13(10-15)19(21,22)23/h1-11H,(H,24,25)(H,26,27). The van der Waals surface area contributed by atoms with Crippen LogP contribution in [0.2, 0.25) is 0 Å². The van der Waals surface area contributed by atoms with E-state index in [0.29, 0.717) is 0 Å². The van der Waals surface area contributed by atoms with Gasteiger partial charge in [0.15, 0.2) is 0 Å². The third-order valence-corrected chi connectivity index (χ3v) is 3.57. The van der Waals surface area contributed by atoms with Gasteiger partial charge in [0, 0.05) is 23.1 Å². The molecule has 3 aromatic rings. The highest BCUT2D eigenvalue weighted by atomic mass is 19.4. The number of alkyl halides is 3. The first kappa shape index (κ1) is 18.4. The molecule has 2 N–H and O–H groups in total. The summed E-state index contributed by atoms with van der Waals surface area (Å²) in [7, 11) is 0. The summed E-state index contributed by atoms with van der Waals surface area (Å²) in [5.41, 5.74) is -0.125. The Morgan fingerprint density at radius 1 is 0.926 bits per heavy atom. The lowest BCUT2D eigenvalue weighted by atomic mass is 10.2. The molecule has 0 spiro atoms. The lowest BCUT2D eigenvalue weighted by Crippen LogP contribution is -2.12. The van der Waals surface area contributed by atoms with Crippen LogP contribution in [0.5, 0.6) is 0 Å².